The Bertz CT molecular complexity index is 1130. The number of para-hydroxylation sites is 1. The molecule has 2 unspecified atom stereocenters. The molecule has 0 aliphatic carbocycles. The fourth-order valence-electron chi connectivity index (χ4n) is 4.30. The number of anilines is 1. The van der Waals surface area contributed by atoms with Crippen molar-refractivity contribution in [1.29, 1.82) is 0 Å². The maximum absolute atomic E-state index is 13.2. The number of ether oxygens (including phenoxy) is 1. The maximum Gasteiger partial charge on any atom is 0.246 e. The van der Waals surface area contributed by atoms with Crippen LogP contribution in [0.25, 0.3) is 5.65 Å². The molecule has 9 nitrogen and oxygen atoms in total. The highest BCUT2D eigenvalue weighted by molar-refractivity contribution is 7.89. The molecule has 3 aromatic rings. The molecule has 0 spiro atoms. The number of hydrogen-bond acceptors (Lipinski definition) is 7. The third kappa shape index (κ3) is 3.12. The van der Waals surface area contributed by atoms with Gasteiger partial charge in [0.05, 0.1) is 6.61 Å². The molecule has 0 saturated carbocycles. The normalized spacial score (nSPS) is 22.3. The van der Waals surface area contributed by atoms with E-state index in [2.05, 4.69) is 20.2 Å². The molecular weight excluding hydrogens is 392 g/mol. The molecule has 152 valence electrons. The average molecular weight is 414 g/mol. The summed E-state index contributed by atoms with van der Waals surface area (Å²) in [5, 5.41) is 12.4. The van der Waals surface area contributed by atoms with Crippen molar-refractivity contribution < 1.29 is 13.2 Å². The van der Waals surface area contributed by atoms with E-state index >= 15 is 0 Å². The lowest BCUT2D eigenvalue weighted by Gasteiger charge is -2.23. The third-order valence-electron chi connectivity index (χ3n) is 5.69. The smallest absolute Gasteiger partial charge is 0.246 e. The summed E-state index contributed by atoms with van der Waals surface area (Å²) in [5.74, 6) is 1.84. The van der Waals surface area contributed by atoms with Crippen LogP contribution >= 0.6 is 0 Å². The Labute approximate surface area is 169 Å². The predicted octanol–water partition coefficient (Wildman–Crippen LogP) is 1.28. The molecule has 2 atom stereocenters. The van der Waals surface area contributed by atoms with Crippen molar-refractivity contribution in [2.24, 2.45) is 11.8 Å². The van der Waals surface area contributed by atoms with Gasteiger partial charge in [-0.2, -0.15) is 8.82 Å². The van der Waals surface area contributed by atoms with Crippen LogP contribution in [-0.2, 0) is 10.0 Å². The van der Waals surface area contributed by atoms with Crippen LogP contribution in [-0.4, -0.2) is 65.3 Å². The van der Waals surface area contributed by atoms with Gasteiger partial charge in [0.1, 0.15) is 22.8 Å². The average Bonchev–Trinajstić information content (AvgIpc) is 3.42. The molecule has 2 fully saturated rings. The van der Waals surface area contributed by atoms with Crippen molar-refractivity contribution in [1.82, 2.24) is 24.1 Å². The molecule has 0 amide bonds. The molecule has 4 heterocycles. The number of aromatic nitrogens is 4. The molecule has 0 N–H and O–H groups in total. The summed E-state index contributed by atoms with van der Waals surface area (Å²) in [5.41, 5.74) is 0.707. The van der Waals surface area contributed by atoms with Crippen LogP contribution < -0.4 is 9.64 Å². The molecule has 1 aromatic carbocycles. The Morgan fingerprint density at radius 3 is 2.59 bits per heavy atom. The first-order chi connectivity index (χ1) is 14.1. The Balaban J connectivity index is 1.33. The van der Waals surface area contributed by atoms with Gasteiger partial charge < -0.3 is 9.64 Å². The minimum atomic E-state index is -3.58. The fraction of sp³-hybridized carbons (Fsp3) is 0.421. The Kier molecular flexibility index (Phi) is 4.39. The number of sulfonamides is 1. The summed E-state index contributed by atoms with van der Waals surface area (Å²) in [7, 11) is -3.58. The summed E-state index contributed by atoms with van der Waals surface area (Å²) in [4.78, 5) is 2.46. The van der Waals surface area contributed by atoms with Crippen LogP contribution in [0.15, 0.2) is 47.6 Å². The monoisotopic (exact) mass is 414 g/mol. The van der Waals surface area contributed by atoms with Crippen LogP contribution in [0.2, 0.25) is 0 Å². The zero-order valence-electron chi connectivity index (χ0n) is 16.0. The number of benzene rings is 1. The highest BCUT2D eigenvalue weighted by atomic mass is 32.2. The van der Waals surface area contributed by atoms with E-state index in [1.54, 1.807) is 39.4 Å². The maximum atomic E-state index is 13.2. The van der Waals surface area contributed by atoms with E-state index in [0.29, 0.717) is 31.1 Å². The molecular formula is C19H22N6O3S. The summed E-state index contributed by atoms with van der Waals surface area (Å²) < 4.78 is 35.3. The topological polar surface area (TPSA) is 92.9 Å². The largest absolute Gasteiger partial charge is 0.492 e. The number of rotatable bonds is 5. The third-order valence-corrected chi connectivity index (χ3v) is 7.56. The minimum absolute atomic E-state index is 0.249. The number of nitrogens with zero attached hydrogens (tertiary/aromatic N) is 6. The van der Waals surface area contributed by atoms with Gasteiger partial charge in [-0.25, -0.2) is 8.42 Å². The van der Waals surface area contributed by atoms with Crippen LogP contribution in [0.1, 0.15) is 6.92 Å². The van der Waals surface area contributed by atoms with Gasteiger partial charge >= 0.3 is 0 Å². The first-order valence-corrected chi connectivity index (χ1v) is 11.1. The van der Waals surface area contributed by atoms with Crippen molar-refractivity contribution in [2.45, 2.75) is 11.8 Å². The molecule has 10 heteroatoms. The first-order valence-electron chi connectivity index (χ1n) is 9.70. The highest BCUT2D eigenvalue weighted by Gasteiger charge is 2.45. The van der Waals surface area contributed by atoms with Crippen LogP contribution in [0, 0.1) is 11.8 Å². The van der Waals surface area contributed by atoms with E-state index in [1.807, 2.05) is 19.1 Å². The highest BCUT2D eigenvalue weighted by Crippen LogP contribution is 2.37. The molecule has 2 aromatic heterocycles. The second kappa shape index (κ2) is 6.96. The van der Waals surface area contributed by atoms with Crippen LogP contribution in [0.5, 0.6) is 5.75 Å². The molecule has 0 radical (unpaired) electrons. The molecule has 2 aliphatic rings. The number of fused-ring (bicyclic) bond motifs is 2. The van der Waals surface area contributed by atoms with Crippen molar-refractivity contribution >= 4 is 21.5 Å². The van der Waals surface area contributed by atoms with Gasteiger partial charge in [-0.3, -0.25) is 0 Å². The van der Waals surface area contributed by atoms with Crippen molar-refractivity contribution in [3.8, 4) is 5.75 Å². The van der Waals surface area contributed by atoms with Crippen molar-refractivity contribution in [3.05, 3.63) is 42.7 Å². The summed E-state index contributed by atoms with van der Waals surface area (Å²) in [6, 6.07) is 10.7. The zero-order chi connectivity index (χ0) is 20.0. The molecule has 0 bridgehead atoms. The second-order valence-electron chi connectivity index (χ2n) is 7.45. The fourth-order valence-corrected chi connectivity index (χ4v) is 5.98. The first kappa shape index (κ1) is 18.3. The molecule has 2 aliphatic heterocycles. The summed E-state index contributed by atoms with van der Waals surface area (Å²) >= 11 is 0. The van der Waals surface area contributed by atoms with E-state index < -0.39 is 10.0 Å². The van der Waals surface area contributed by atoms with E-state index in [1.165, 1.54) is 0 Å². The van der Waals surface area contributed by atoms with E-state index in [0.717, 1.165) is 18.9 Å². The Morgan fingerprint density at radius 2 is 1.83 bits per heavy atom. The summed E-state index contributed by atoms with van der Waals surface area (Å²) in [6.07, 6.45) is 1.58. The molecule has 29 heavy (non-hydrogen) atoms. The van der Waals surface area contributed by atoms with E-state index in [-0.39, 0.29) is 16.7 Å². The lowest BCUT2D eigenvalue weighted by atomic mass is 10.0. The number of hydrogen-bond donors (Lipinski definition) is 0. The van der Waals surface area contributed by atoms with Gasteiger partial charge in [-0.1, -0.05) is 12.1 Å². The van der Waals surface area contributed by atoms with Gasteiger partial charge in [0.15, 0.2) is 5.65 Å². The van der Waals surface area contributed by atoms with Crippen LogP contribution in [0.4, 0.5) is 5.82 Å². The van der Waals surface area contributed by atoms with E-state index in [9.17, 15) is 8.42 Å². The van der Waals surface area contributed by atoms with E-state index in [4.69, 9.17) is 4.74 Å². The van der Waals surface area contributed by atoms with Gasteiger partial charge in [0, 0.05) is 26.2 Å². The van der Waals surface area contributed by atoms with Crippen molar-refractivity contribution in [2.75, 3.05) is 37.7 Å². The van der Waals surface area contributed by atoms with Gasteiger partial charge in [-0.15, -0.1) is 15.3 Å². The standard InChI is InChI=1S/C19H22N6O3S/c1-2-28-16-5-3-4-6-17(16)29(26,27)24-11-14-9-23(10-15(14)12-24)19-8-7-18-21-20-13-25(18)22-19/h3-8,13-15H,2,9-12H2,1H3. The van der Waals surface area contributed by atoms with Crippen LogP contribution in [0.3, 0.4) is 0 Å². The molecule has 2 saturated heterocycles. The summed E-state index contributed by atoms with van der Waals surface area (Å²) in [6.45, 7) is 4.87. The Hall–Kier alpha value is -2.72. The SMILES string of the molecule is CCOc1ccccc1S(=O)(=O)N1CC2CN(c3ccc4nncn4n3)CC2C1. The van der Waals surface area contributed by atoms with Crippen molar-refractivity contribution in [3.63, 3.8) is 0 Å². The Morgan fingerprint density at radius 1 is 1.07 bits per heavy atom. The van der Waals surface area contributed by atoms with Gasteiger partial charge in [0.25, 0.3) is 0 Å². The molecule has 5 rings (SSSR count). The quantitative estimate of drug-likeness (QED) is 0.621. The van der Waals surface area contributed by atoms with Gasteiger partial charge in [-0.05, 0) is 43.0 Å². The minimum Gasteiger partial charge on any atom is -0.492 e. The lowest BCUT2D eigenvalue weighted by molar-refractivity contribution is 0.329. The lowest BCUT2D eigenvalue weighted by Crippen LogP contribution is -2.33. The second-order valence-corrected chi connectivity index (χ2v) is 9.36. The van der Waals surface area contributed by atoms with Gasteiger partial charge in [0.2, 0.25) is 10.0 Å². The predicted molar refractivity (Wildman–Crippen MR) is 106 cm³/mol. The zero-order valence-corrected chi connectivity index (χ0v) is 16.9.